The fourth-order valence-electron chi connectivity index (χ4n) is 2.32. The third-order valence-corrected chi connectivity index (χ3v) is 3.65. The van der Waals surface area contributed by atoms with Gasteiger partial charge in [0.05, 0.1) is 19.8 Å². The number of hydrogen-bond donors (Lipinski definition) is 1. The van der Waals surface area contributed by atoms with Crippen molar-refractivity contribution in [1.29, 1.82) is 0 Å². The van der Waals surface area contributed by atoms with E-state index in [2.05, 4.69) is 15.5 Å². The number of rotatable bonds is 6. The van der Waals surface area contributed by atoms with Gasteiger partial charge in [-0.1, -0.05) is 11.2 Å². The third-order valence-electron chi connectivity index (χ3n) is 3.65. The molecule has 0 bridgehead atoms. The average molecular weight is 387 g/mol. The van der Waals surface area contributed by atoms with E-state index in [-0.39, 0.29) is 17.5 Å². The van der Waals surface area contributed by atoms with E-state index in [1.165, 1.54) is 26.4 Å². The Balaban J connectivity index is 1.69. The Morgan fingerprint density at radius 3 is 2.57 bits per heavy atom. The van der Waals surface area contributed by atoms with Crippen LogP contribution in [0.3, 0.4) is 0 Å². The summed E-state index contributed by atoms with van der Waals surface area (Å²) in [6.07, 6.45) is 2.80. The van der Waals surface area contributed by atoms with Crippen molar-refractivity contribution in [2.75, 3.05) is 19.5 Å². The van der Waals surface area contributed by atoms with Gasteiger partial charge in [0.2, 0.25) is 0 Å². The van der Waals surface area contributed by atoms with Gasteiger partial charge in [0.25, 0.3) is 11.8 Å². The molecule has 2 aromatic carbocycles. The van der Waals surface area contributed by atoms with Crippen LogP contribution in [0.25, 0.3) is 17.5 Å². The number of methoxy groups -OCH3 is 2. The molecule has 0 saturated carbocycles. The molecule has 0 aliphatic carbocycles. The van der Waals surface area contributed by atoms with Gasteiger partial charge in [0, 0.05) is 12.1 Å². The first-order valence-electron chi connectivity index (χ1n) is 8.00. The van der Waals surface area contributed by atoms with Gasteiger partial charge >= 0.3 is 6.01 Å². The molecule has 0 aliphatic rings. The highest BCUT2D eigenvalue weighted by Gasteiger charge is 2.14. The van der Waals surface area contributed by atoms with Gasteiger partial charge in [-0.2, -0.15) is 0 Å². The summed E-state index contributed by atoms with van der Waals surface area (Å²) in [4.78, 5) is 12.0. The molecule has 0 atom stereocenters. The van der Waals surface area contributed by atoms with Crippen LogP contribution < -0.4 is 14.8 Å². The largest absolute Gasteiger partial charge is 0.493 e. The Labute approximate surface area is 158 Å². The maximum absolute atomic E-state index is 13.7. The van der Waals surface area contributed by atoms with Gasteiger partial charge in [-0.15, -0.1) is 5.10 Å². The Hall–Kier alpha value is -3.75. The first kappa shape index (κ1) is 19.0. The molecule has 3 aromatic rings. The summed E-state index contributed by atoms with van der Waals surface area (Å²) in [6, 6.07) is 7.85. The summed E-state index contributed by atoms with van der Waals surface area (Å²) in [5, 5.41) is 9.63. The van der Waals surface area contributed by atoms with Crippen LogP contribution in [-0.4, -0.2) is 30.3 Å². The second-order valence-corrected chi connectivity index (χ2v) is 5.47. The van der Waals surface area contributed by atoms with E-state index < -0.39 is 17.5 Å². The summed E-state index contributed by atoms with van der Waals surface area (Å²) in [6.45, 7) is 0. The number of nitrogens with one attached hydrogen (secondary N) is 1. The molecule has 0 fully saturated rings. The number of aromatic nitrogens is 2. The van der Waals surface area contributed by atoms with Crippen LogP contribution in [0.4, 0.5) is 14.8 Å². The van der Waals surface area contributed by atoms with E-state index in [1.54, 1.807) is 24.3 Å². The highest BCUT2D eigenvalue weighted by atomic mass is 19.1. The summed E-state index contributed by atoms with van der Waals surface area (Å²) >= 11 is 0. The SMILES string of the molecule is COc1ccc(/C=C/C(=O)Nc2nnc(-c3ccc(F)cc3F)o2)cc1OC. The van der Waals surface area contributed by atoms with Crippen LogP contribution >= 0.6 is 0 Å². The van der Waals surface area contributed by atoms with Crippen molar-refractivity contribution < 1.29 is 27.5 Å². The third kappa shape index (κ3) is 4.32. The molecule has 1 aromatic heterocycles. The van der Waals surface area contributed by atoms with E-state index in [0.717, 1.165) is 6.07 Å². The number of ether oxygens (including phenoxy) is 2. The fourth-order valence-corrected chi connectivity index (χ4v) is 2.32. The predicted octanol–water partition coefficient (Wildman–Crippen LogP) is 3.68. The summed E-state index contributed by atoms with van der Waals surface area (Å²) in [5.74, 6) is -1.21. The lowest BCUT2D eigenvalue weighted by atomic mass is 10.2. The lowest BCUT2D eigenvalue weighted by molar-refractivity contribution is -0.112. The minimum Gasteiger partial charge on any atom is -0.493 e. The van der Waals surface area contributed by atoms with E-state index in [1.807, 2.05) is 0 Å². The fraction of sp³-hybridized carbons (Fsp3) is 0.105. The predicted molar refractivity (Wildman–Crippen MR) is 96.9 cm³/mol. The normalized spacial score (nSPS) is 10.9. The molecular weight excluding hydrogens is 372 g/mol. The van der Waals surface area contributed by atoms with Crippen LogP contribution in [0.5, 0.6) is 11.5 Å². The van der Waals surface area contributed by atoms with Crippen molar-refractivity contribution in [3.8, 4) is 23.0 Å². The Morgan fingerprint density at radius 2 is 1.86 bits per heavy atom. The van der Waals surface area contributed by atoms with Crippen LogP contribution in [-0.2, 0) is 4.79 Å². The van der Waals surface area contributed by atoms with Crippen molar-refractivity contribution in [1.82, 2.24) is 10.2 Å². The molecule has 0 aliphatic heterocycles. The average Bonchev–Trinajstić information content (AvgIpc) is 3.14. The van der Waals surface area contributed by atoms with Crippen molar-refractivity contribution >= 4 is 18.0 Å². The lowest BCUT2D eigenvalue weighted by Crippen LogP contribution is -2.07. The Kier molecular flexibility index (Phi) is 5.64. The molecule has 144 valence electrons. The summed E-state index contributed by atoms with van der Waals surface area (Å²) in [7, 11) is 3.03. The monoisotopic (exact) mass is 387 g/mol. The first-order chi connectivity index (χ1) is 13.5. The number of halogens is 2. The molecule has 0 saturated heterocycles. The first-order valence-corrected chi connectivity index (χ1v) is 8.00. The highest BCUT2D eigenvalue weighted by Crippen LogP contribution is 2.28. The Bertz CT molecular complexity index is 1030. The molecule has 9 heteroatoms. The zero-order valence-electron chi connectivity index (χ0n) is 14.9. The highest BCUT2D eigenvalue weighted by molar-refractivity contribution is 6.00. The second-order valence-electron chi connectivity index (χ2n) is 5.47. The van der Waals surface area contributed by atoms with Gasteiger partial charge in [-0.05, 0) is 35.9 Å². The zero-order valence-corrected chi connectivity index (χ0v) is 14.9. The van der Waals surface area contributed by atoms with Crippen LogP contribution in [0, 0.1) is 11.6 Å². The second kappa shape index (κ2) is 8.30. The van der Waals surface area contributed by atoms with Crippen molar-refractivity contribution in [3.63, 3.8) is 0 Å². The molecule has 1 heterocycles. The molecule has 0 unspecified atom stereocenters. The number of carbonyl (C=O) groups excluding carboxylic acids is 1. The number of amides is 1. The van der Waals surface area contributed by atoms with Crippen molar-refractivity contribution in [2.24, 2.45) is 0 Å². The van der Waals surface area contributed by atoms with Gasteiger partial charge in [0.1, 0.15) is 11.6 Å². The van der Waals surface area contributed by atoms with Gasteiger partial charge in [0.15, 0.2) is 11.5 Å². The number of nitrogens with zero attached hydrogens (tertiary/aromatic N) is 2. The zero-order chi connectivity index (χ0) is 20.1. The summed E-state index contributed by atoms with van der Waals surface area (Å²) in [5.41, 5.74) is 0.627. The number of carbonyl (C=O) groups is 1. The van der Waals surface area contributed by atoms with E-state index in [9.17, 15) is 13.6 Å². The van der Waals surface area contributed by atoms with Crippen LogP contribution in [0.2, 0.25) is 0 Å². The lowest BCUT2D eigenvalue weighted by Gasteiger charge is -2.07. The van der Waals surface area contributed by atoms with Gasteiger partial charge in [-0.25, -0.2) is 8.78 Å². The smallest absolute Gasteiger partial charge is 0.322 e. The van der Waals surface area contributed by atoms with E-state index in [0.29, 0.717) is 23.1 Å². The molecule has 1 amide bonds. The quantitative estimate of drug-likeness (QED) is 0.650. The van der Waals surface area contributed by atoms with Crippen LogP contribution in [0.15, 0.2) is 46.9 Å². The molecule has 3 rings (SSSR count). The molecule has 1 N–H and O–H groups in total. The maximum atomic E-state index is 13.7. The van der Waals surface area contributed by atoms with Gasteiger partial charge in [-0.3, -0.25) is 10.1 Å². The minimum absolute atomic E-state index is 0.0738. The molecule has 7 nitrogen and oxygen atoms in total. The number of anilines is 1. The van der Waals surface area contributed by atoms with Crippen molar-refractivity contribution in [2.45, 2.75) is 0 Å². The number of hydrogen-bond acceptors (Lipinski definition) is 6. The molecular formula is C19H15F2N3O4. The van der Waals surface area contributed by atoms with Crippen LogP contribution in [0.1, 0.15) is 5.56 Å². The number of benzene rings is 2. The standard InChI is InChI=1S/C19H15F2N3O4/c1-26-15-7-3-11(9-16(15)27-2)4-8-17(25)22-19-24-23-18(28-19)13-6-5-12(20)10-14(13)21/h3-10H,1-2H3,(H,22,24,25)/b8-4+. The summed E-state index contributed by atoms with van der Waals surface area (Å²) < 4.78 is 42.2. The van der Waals surface area contributed by atoms with Crippen molar-refractivity contribution in [3.05, 3.63) is 59.7 Å². The maximum Gasteiger partial charge on any atom is 0.322 e. The molecule has 0 spiro atoms. The molecule has 28 heavy (non-hydrogen) atoms. The Morgan fingerprint density at radius 1 is 1.07 bits per heavy atom. The molecule has 0 radical (unpaired) electrons. The van der Waals surface area contributed by atoms with E-state index in [4.69, 9.17) is 13.9 Å². The minimum atomic E-state index is -0.852. The topological polar surface area (TPSA) is 86.5 Å². The van der Waals surface area contributed by atoms with E-state index >= 15 is 0 Å². The van der Waals surface area contributed by atoms with Gasteiger partial charge < -0.3 is 13.9 Å².